The van der Waals surface area contributed by atoms with E-state index in [1.54, 1.807) is 6.07 Å². The van der Waals surface area contributed by atoms with Gasteiger partial charge in [0.15, 0.2) is 11.5 Å². The molecule has 1 atom stereocenters. The van der Waals surface area contributed by atoms with E-state index in [9.17, 15) is 24.6 Å². The number of aliphatic carboxylic acids is 1. The normalized spacial score (nSPS) is 10.8. The van der Waals surface area contributed by atoms with E-state index in [0.717, 1.165) is 0 Å². The Morgan fingerprint density at radius 1 is 1.07 bits per heavy atom. The van der Waals surface area contributed by atoms with Crippen molar-refractivity contribution in [1.82, 2.24) is 5.32 Å². The number of amides is 1. The number of benzene rings is 1. The maximum atomic E-state index is 11.6. The first-order valence-corrected chi connectivity index (χ1v) is 8.64. The van der Waals surface area contributed by atoms with Gasteiger partial charge >= 0.3 is 18.0 Å². The summed E-state index contributed by atoms with van der Waals surface area (Å²) in [5, 5.41) is 29.5. The van der Waals surface area contributed by atoms with Gasteiger partial charge in [0.05, 0.1) is 0 Å². The van der Waals surface area contributed by atoms with Crippen molar-refractivity contribution in [3.8, 4) is 11.5 Å². The minimum atomic E-state index is -1.10. The van der Waals surface area contributed by atoms with E-state index in [4.69, 9.17) is 14.6 Å². The molecule has 9 nitrogen and oxygen atoms in total. The third-order valence-electron chi connectivity index (χ3n) is 3.06. The predicted octanol–water partition coefficient (Wildman–Crippen LogP) is 2.54. The highest BCUT2D eigenvalue weighted by Crippen LogP contribution is 2.24. The first-order valence-electron chi connectivity index (χ1n) is 8.64. The van der Waals surface area contributed by atoms with Crippen LogP contribution in [-0.2, 0) is 25.5 Å². The van der Waals surface area contributed by atoms with E-state index in [0.29, 0.717) is 12.0 Å². The molecule has 1 aromatic rings. The first kappa shape index (κ1) is 24.0. The largest absolute Gasteiger partial charge is 0.504 e. The first-order chi connectivity index (χ1) is 12.8. The van der Waals surface area contributed by atoms with Gasteiger partial charge in [-0.15, -0.1) is 0 Å². The van der Waals surface area contributed by atoms with Crippen LogP contribution in [0.3, 0.4) is 0 Å². The molecule has 0 heterocycles. The van der Waals surface area contributed by atoms with Crippen molar-refractivity contribution in [3.05, 3.63) is 23.8 Å². The van der Waals surface area contributed by atoms with Crippen LogP contribution in [0.25, 0.3) is 0 Å². The summed E-state index contributed by atoms with van der Waals surface area (Å²) in [6.45, 7) is 5.58. The average Bonchev–Trinajstić information content (AvgIpc) is 2.59. The van der Waals surface area contributed by atoms with Gasteiger partial charge in [0, 0.05) is 26.3 Å². The molecule has 1 unspecified atom stereocenters. The van der Waals surface area contributed by atoms with Crippen molar-refractivity contribution in [3.63, 3.8) is 0 Å². The van der Waals surface area contributed by atoms with Gasteiger partial charge in [-0.1, -0.05) is 19.9 Å². The lowest BCUT2D eigenvalue weighted by Crippen LogP contribution is -2.31. The number of alkyl carbamates (subject to hydrolysis) is 1. The fraction of sp³-hybridized carbons (Fsp3) is 0.500. The van der Waals surface area contributed by atoms with Gasteiger partial charge in [0.25, 0.3) is 0 Å². The van der Waals surface area contributed by atoms with Crippen molar-refractivity contribution >= 4 is 18.0 Å². The molecular weight excluding hydrogens is 358 g/mol. The Kier molecular flexibility index (Phi) is 11.8. The van der Waals surface area contributed by atoms with Crippen molar-refractivity contribution in [1.29, 1.82) is 0 Å². The molecule has 4 N–H and O–H groups in total. The molecule has 0 saturated carbocycles. The number of carboxylic acid groups (broad SMARTS) is 1. The molecule has 9 heteroatoms. The molecule has 1 rings (SSSR count). The van der Waals surface area contributed by atoms with Gasteiger partial charge < -0.3 is 30.1 Å². The quantitative estimate of drug-likeness (QED) is 0.288. The summed E-state index contributed by atoms with van der Waals surface area (Å²) >= 11 is 0. The number of esters is 1. The van der Waals surface area contributed by atoms with Gasteiger partial charge in [-0.3, -0.25) is 9.59 Å². The Hall–Kier alpha value is -2.97. The number of carbonyl (C=O) groups is 3. The van der Waals surface area contributed by atoms with Gasteiger partial charge in [-0.25, -0.2) is 4.79 Å². The van der Waals surface area contributed by atoms with Crippen LogP contribution in [-0.4, -0.2) is 46.2 Å². The van der Waals surface area contributed by atoms with Crippen molar-refractivity contribution in [2.75, 3.05) is 6.54 Å². The summed E-state index contributed by atoms with van der Waals surface area (Å²) in [6, 6.07) is 4.32. The Bertz CT molecular complexity index is 617. The van der Waals surface area contributed by atoms with Crippen molar-refractivity contribution in [2.24, 2.45) is 0 Å². The molecule has 1 amide bonds. The second-order valence-corrected chi connectivity index (χ2v) is 5.21. The van der Waals surface area contributed by atoms with Crippen LogP contribution in [0.5, 0.6) is 11.5 Å². The summed E-state index contributed by atoms with van der Waals surface area (Å²) in [5.74, 6) is -2.13. The lowest BCUT2D eigenvalue weighted by atomic mass is 10.1. The van der Waals surface area contributed by atoms with Crippen LogP contribution in [0.4, 0.5) is 4.79 Å². The predicted molar refractivity (Wildman–Crippen MR) is 96.3 cm³/mol. The lowest BCUT2D eigenvalue weighted by molar-refractivity contribution is -0.164. The molecule has 0 saturated heterocycles. The average molecular weight is 385 g/mol. The monoisotopic (exact) mass is 385 g/mol. The molecule has 27 heavy (non-hydrogen) atoms. The molecular formula is C18H27NO8. The molecule has 0 aliphatic carbocycles. The van der Waals surface area contributed by atoms with Gasteiger partial charge in [-0.05, 0) is 30.5 Å². The second-order valence-electron chi connectivity index (χ2n) is 5.21. The molecule has 1 aromatic carbocycles. The lowest BCUT2D eigenvalue weighted by Gasteiger charge is -2.14. The highest BCUT2D eigenvalue weighted by atomic mass is 16.7. The summed E-state index contributed by atoms with van der Waals surface area (Å²) in [7, 11) is 0. The topological polar surface area (TPSA) is 142 Å². The van der Waals surface area contributed by atoms with Crippen molar-refractivity contribution < 1.29 is 39.2 Å². The van der Waals surface area contributed by atoms with E-state index < -0.39 is 24.3 Å². The minimum Gasteiger partial charge on any atom is -0.504 e. The number of hydrogen-bond donors (Lipinski definition) is 4. The van der Waals surface area contributed by atoms with Crippen LogP contribution in [0.2, 0.25) is 0 Å². The zero-order valence-electron chi connectivity index (χ0n) is 15.7. The summed E-state index contributed by atoms with van der Waals surface area (Å²) in [6.07, 6.45) is -1.56. The zero-order chi connectivity index (χ0) is 20.8. The molecule has 0 aromatic heterocycles. The van der Waals surface area contributed by atoms with Gasteiger partial charge in [0.1, 0.15) is 0 Å². The Balaban J connectivity index is 0.00000326. The van der Waals surface area contributed by atoms with E-state index in [2.05, 4.69) is 5.32 Å². The maximum absolute atomic E-state index is 11.6. The number of hydrogen-bond acceptors (Lipinski definition) is 7. The van der Waals surface area contributed by atoms with Crippen LogP contribution in [0.1, 0.15) is 45.6 Å². The minimum absolute atomic E-state index is 0.0774. The van der Waals surface area contributed by atoms with E-state index in [-0.39, 0.29) is 37.3 Å². The van der Waals surface area contributed by atoms with Crippen LogP contribution < -0.4 is 5.32 Å². The van der Waals surface area contributed by atoms with Crippen LogP contribution >= 0.6 is 0 Å². The molecule has 0 aliphatic rings. The Morgan fingerprint density at radius 3 is 2.33 bits per heavy atom. The molecule has 0 radical (unpaired) electrons. The summed E-state index contributed by atoms with van der Waals surface area (Å²) in [4.78, 5) is 33.3. The third kappa shape index (κ3) is 11.3. The SMILES string of the molecule is CC.CC(OC(=O)CCCC(=O)O)OC(=O)NCCc1ccc(O)c(O)c1. The Morgan fingerprint density at radius 2 is 1.74 bits per heavy atom. The fourth-order valence-electron chi connectivity index (χ4n) is 1.88. The fourth-order valence-corrected chi connectivity index (χ4v) is 1.88. The van der Waals surface area contributed by atoms with E-state index in [1.165, 1.54) is 19.1 Å². The Labute approximate surface area is 157 Å². The number of nitrogens with one attached hydrogen (secondary N) is 1. The number of carboxylic acids is 1. The molecule has 0 bridgehead atoms. The molecule has 0 aliphatic heterocycles. The number of carbonyl (C=O) groups excluding carboxylic acids is 2. The zero-order valence-corrected chi connectivity index (χ0v) is 15.7. The number of phenolic OH excluding ortho intramolecular Hbond substituents is 2. The highest BCUT2D eigenvalue weighted by Gasteiger charge is 2.14. The number of aromatic hydroxyl groups is 2. The van der Waals surface area contributed by atoms with Crippen LogP contribution in [0, 0.1) is 0 Å². The molecule has 0 fully saturated rings. The number of phenols is 2. The number of rotatable bonds is 9. The number of ether oxygens (including phenoxy) is 2. The van der Waals surface area contributed by atoms with Crippen molar-refractivity contribution in [2.45, 2.75) is 52.7 Å². The standard InChI is InChI=1S/C16H21NO8.C2H6/c1-10(24-15(22)4-2-3-14(20)21)25-16(23)17-8-7-11-5-6-12(18)13(19)9-11;1-2/h5-6,9-10,18-19H,2-4,7-8H2,1H3,(H,17,23)(H,20,21);1-2H3. The summed E-state index contributed by atoms with van der Waals surface area (Å²) in [5.41, 5.74) is 0.702. The van der Waals surface area contributed by atoms with E-state index in [1.807, 2.05) is 13.8 Å². The van der Waals surface area contributed by atoms with Crippen LogP contribution in [0.15, 0.2) is 18.2 Å². The van der Waals surface area contributed by atoms with Gasteiger partial charge in [-0.2, -0.15) is 0 Å². The smallest absolute Gasteiger partial charge is 0.410 e. The molecule has 0 spiro atoms. The van der Waals surface area contributed by atoms with Gasteiger partial charge in [0.2, 0.25) is 6.29 Å². The maximum Gasteiger partial charge on any atom is 0.410 e. The highest BCUT2D eigenvalue weighted by molar-refractivity contribution is 5.72. The molecule has 152 valence electrons. The third-order valence-corrected chi connectivity index (χ3v) is 3.06. The summed E-state index contributed by atoms with van der Waals surface area (Å²) < 4.78 is 9.65. The van der Waals surface area contributed by atoms with E-state index >= 15 is 0 Å². The second kappa shape index (κ2) is 13.3.